The molecule has 1 unspecified atom stereocenters. The van der Waals surface area contributed by atoms with E-state index < -0.39 is 0 Å². The topological polar surface area (TPSA) is 85.5 Å². The molecule has 5 N–H and O–H groups in total. The zero-order valence-electron chi connectivity index (χ0n) is 11.8. The Morgan fingerprint density at radius 1 is 1.35 bits per heavy atom. The molecule has 0 aliphatic heterocycles. The van der Waals surface area contributed by atoms with Gasteiger partial charge in [0.05, 0.1) is 13.2 Å². The number of aliphatic hydroxyl groups excluding tert-OH is 2. The number of nitrogens with zero attached hydrogens (tertiary/aromatic N) is 1. The van der Waals surface area contributed by atoms with E-state index in [9.17, 15) is 10.2 Å². The molecule has 0 aromatic carbocycles. The standard InChI is InChI=1S/C15H23N3O2/c1-15(18(7-9-19)8-10-20)5-4-13(16)12(11-15)14-3-2-6-17-14/h2-4,6,11,17,19-20H,5,7-10,16H2,1H3. The molecule has 0 saturated heterocycles. The summed E-state index contributed by atoms with van der Waals surface area (Å²) in [7, 11) is 0. The third-order valence-electron chi connectivity index (χ3n) is 3.85. The van der Waals surface area contributed by atoms with Gasteiger partial charge in [-0.25, -0.2) is 0 Å². The van der Waals surface area contributed by atoms with Crippen molar-refractivity contribution in [2.45, 2.75) is 18.9 Å². The van der Waals surface area contributed by atoms with E-state index in [1.54, 1.807) is 0 Å². The second kappa shape index (κ2) is 6.26. The number of aliphatic hydroxyl groups is 2. The zero-order valence-corrected chi connectivity index (χ0v) is 11.8. The lowest BCUT2D eigenvalue weighted by molar-refractivity contribution is 0.0909. The number of aromatic amines is 1. The van der Waals surface area contributed by atoms with Crippen molar-refractivity contribution in [3.8, 4) is 0 Å². The molecule has 5 nitrogen and oxygen atoms in total. The van der Waals surface area contributed by atoms with Crippen molar-refractivity contribution < 1.29 is 10.2 Å². The second-order valence-corrected chi connectivity index (χ2v) is 5.30. The van der Waals surface area contributed by atoms with E-state index >= 15 is 0 Å². The summed E-state index contributed by atoms with van der Waals surface area (Å²) in [6.45, 7) is 3.30. The predicted octanol–water partition coefficient (Wildman–Crippen LogP) is 0.690. The van der Waals surface area contributed by atoms with Gasteiger partial charge < -0.3 is 20.9 Å². The Kier molecular flexibility index (Phi) is 4.65. The number of rotatable bonds is 6. The van der Waals surface area contributed by atoms with E-state index in [1.165, 1.54) is 0 Å². The van der Waals surface area contributed by atoms with Gasteiger partial charge in [0.2, 0.25) is 0 Å². The van der Waals surface area contributed by atoms with E-state index in [-0.39, 0.29) is 18.8 Å². The maximum Gasteiger partial charge on any atom is 0.0558 e. The van der Waals surface area contributed by atoms with Gasteiger partial charge in [-0.15, -0.1) is 0 Å². The van der Waals surface area contributed by atoms with E-state index in [1.807, 2.05) is 24.4 Å². The molecule has 1 aliphatic rings. The summed E-state index contributed by atoms with van der Waals surface area (Å²) in [6, 6.07) is 3.93. The first-order valence-electron chi connectivity index (χ1n) is 6.90. The predicted molar refractivity (Wildman–Crippen MR) is 79.8 cm³/mol. The molecule has 2 rings (SSSR count). The molecule has 0 bridgehead atoms. The van der Waals surface area contributed by atoms with Crippen molar-refractivity contribution in [1.82, 2.24) is 9.88 Å². The lowest BCUT2D eigenvalue weighted by atomic mass is 9.85. The zero-order chi connectivity index (χ0) is 14.6. The van der Waals surface area contributed by atoms with Crippen LogP contribution in [0.2, 0.25) is 0 Å². The van der Waals surface area contributed by atoms with Gasteiger partial charge in [-0.05, 0) is 25.5 Å². The Balaban J connectivity index is 2.32. The van der Waals surface area contributed by atoms with Crippen LogP contribution >= 0.6 is 0 Å². The van der Waals surface area contributed by atoms with Crippen LogP contribution in [-0.2, 0) is 0 Å². The van der Waals surface area contributed by atoms with Crippen molar-refractivity contribution in [3.63, 3.8) is 0 Å². The molecule has 20 heavy (non-hydrogen) atoms. The Bertz CT molecular complexity index is 487. The minimum Gasteiger partial charge on any atom is -0.398 e. The van der Waals surface area contributed by atoms with Crippen LogP contribution in [0.25, 0.3) is 5.57 Å². The van der Waals surface area contributed by atoms with Gasteiger partial charge in [-0.3, -0.25) is 4.90 Å². The number of hydrogen-bond donors (Lipinski definition) is 4. The molecule has 0 radical (unpaired) electrons. The average molecular weight is 277 g/mol. The van der Waals surface area contributed by atoms with Crippen LogP contribution in [0.15, 0.2) is 36.2 Å². The number of aromatic nitrogens is 1. The molecule has 1 aliphatic carbocycles. The molecule has 110 valence electrons. The van der Waals surface area contributed by atoms with E-state index in [0.29, 0.717) is 13.1 Å². The summed E-state index contributed by atoms with van der Waals surface area (Å²) in [5, 5.41) is 18.4. The van der Waals surface area contributed by atoms with Gasteiger partial charge in [-0.1, -0.05) is 12.2 Å². The Morgan fingerprint density at radius 2 is 2.05 bits per heavy atom. The molecular weight excluding hydrogens is 254 g/mol. The summed E-state index contributed by atoms with van der Waals surface area (Å²) >= 11 is 0. The van der Waals surface area contributed by atoms with Crippen molar-refractivity contribution in [2.24, 2.45) is 5.73 Å². The molecule has 0 spiro atoms. The highest BCUT2D eigenvalue weighted by Crippen LogP contribution is 2.33. The molecule has 5 heteroatoms. The first-order chi connectivity index (χ1) is 9.60. The van der Waals surface area contributed by atoms with Gasteiger partial charge in [0.25, 0.3) is 0 Å². The van der Waals surface area contributed by atoms with Crippen LogP contribution in [0.4, 0.5) is 0 Å². The van der Waals surface area contributed by atoms with Crippen molar-refractivity contribution >= 4 is 5.57 Å². The highest BCUT2D eigenvalue weighted by atomic mass is 16.3. The van der Waals surface area contributed by atoms with Crippen molar-refractivity contribution in [3.05, 3.63) is 41.9 Å². The number of β-amino-alcohol motifs (C(OH)–C–C–N with tert-alkyl or cyclic N) is 2. The summed E-state index contributed by atoms with van der Waals surface area (Å²) < 4.78 is 0. The molecular formula is C15H23N3O2. The number of hydrogen-bond acceptors (Lipinski definition) is 4. The van der Waals surface area contributed by atoms with Crippen LogP contribution < -0.4 is 5.73 Å². The highest BCUT2D eigenvalue weighted by molar-refractivity contribution is 5.78. The van der Waals surface area contributed by atoms with Crippen LogP contribution in [0.5, 0.6) is 0 Å². The first kappa shape index (κ1) is 14.8. The quantitative estimate of drug-likeness (QED) is 0.616. The lowest BCUT2D eigenvalue weighted by Gasteiger charge is -2.40. The Hall–Kier alpha value is -1.56. The van der Waals surface area contributed by atoms with Crippen LogP contribution in [0.1, 0.15) is 19.0 Å². The van der Waals surface area contributed by atoms with Gasteiger partial charge in [0.1, 0.15) is 0 Å². The molecule has 1 aromatic heterocycles. The SMILES string of the molecule is CC1(N(CCO)CCO)C=C(c2ccc[nH]2)C(N)=CC1. The van der Waals surface area contributed by atoms with Gasteiger partial charge in [-0.2, -0.15) is 0 Å². The minimum atomic E-state index is -0.255. The summed E-state index contributed by atoms with van der Waals surface area (Å²) in [6.07, 6.45) is 6.77. The van der Waals surface area contributed by atoms with Crippen molar-refractivity contribution in [2.75, 3.05) is 26.3 Å². The second-order valence-electron chi connectivity index (χ2n) is 5.30. The summed E-state index contributed by atoms with van der Waals surface area (Å²) in [5.74, 6) is 0. The van der Waals surface area contributed by atoms with Gasteiger partial charge in [0.15, 0.2) is 0 Å². The third kappa shape index (κ3) is 2.95. The Labute approximate surface area is 119 Å². The monoisotopic (exact) mass is 277 g/mol. The van der Waals surface area contributed by atoms with E-state index in [4.69, 9.17) is 5.73 Å². The number of nitrogens with two attached hydrogens (primary N) is 1. The summed E-state index contributed by atoms with van der Waals surface area (Å²) in [4.78, 5) is 5.25. The smallest absolute Gasteiger partial charge is 0.0558 e. The van der Waals surface area contributed by atoms with E-state index in [0.717, 1.165) is 23.4 Å². The largest absolute Gasteiger partial charge is 0.398 e. The summed E-state index contributed by atoms with van der Waals surface area (Å²) in [5.41, 5.74) is 8.56. The highest BCUT2D eigenvalue weighted by Gasteiger charge is 2.32. The van der Waals surface area contributed by atoms with E-state index in [2.05, 4.69) is 22.9 Å². The molecule has 1 aromatic rings. The number of nitrogens with one attached hydrogen (secondary N) is 1. The minimum absolute atomic E-state index is 0.0699. The fourth-order valence-corrected chi connectivity index (χ4v) is 2.70. The fourth-order valence-electron chi connectivity index (χ4n) is 2.70. The fraction of sp³-hybridized carbons (Fsp3) is 0.467. The number of allylic oxidation sites excluding steroid dienone is 1. The maximum atomic E-state index is 9.22. The van der Waals surface area contributed by atoms with Gasteiger partial charge in [0, 0.05) is 41.8 Å². The molecule has 0 amide bonds. The van der Waals surface area contributed by atoms with Crippen LogP contribution in [-0.4, -0.2) is 51.9 Å². The molecule has 0 saturated carbocycles. The third-order valence-corrected chi connectivity index (χ3v) is 3.85. The molecule has 1 heterocycles. The van der Waals surface area contributed by atoms with Crippen molar-refractivity contribution in [1.29, 1.82) is 0 Å². The normalized spacial score (nSPS) is 22.8. The lowest BCUT2D eigenvalue weighted by Crippen LogP contribution is -2.48. The maximum absolute atomic E-state index is 9.22. The van der Waals surface area contributed by atoms with Gasteiger partial charge >= 0.3 is 0 Å². The average Bonchev–Trinajstić information content (AvgIpc) is 2.95. The Morgan fingerprint density at radius 3 is 2.60 bits per heavy atom. The molecule has 0 fully saturated rings. The number of H-pyrrole nitrogens is 1. The first-order valence-corrected chi connectivity index (χ1v) is 6.90. The van der Waals surface area contributed by atoms with Crippen LogP contribution in [0, 0.1) is 0 Å². The van der Waals surface area contributed by atoms with Crippen LogP contribution in [0.3, 0.4) is 0 Å². The molecule has 1 atom stereocenters.